The summed E-state index contributed by atoms with van der Waals surface area (Å²) in [4.78, 5) is 26.8. The van der Waals surface area contributed by atoms with Gasteiger partial charge in [-0.25, -0.2) is 9.18 Å². The number of hydrogen-bond acceptors (Lipinski definition) is 3. The molecule has 0 aliphatic rings. The number of ether oxygens (including phenoxy) is 1. The standard InChI is InChI=1S/C23H20Cl2FN3O3/c1-32-19-9-5-17(6-10-19)28-23(31)29(18-7-3-16(26)4-8-18)13-12-27-22(30)20-11-2-15(24)14-21(20)25/h2-11,14H,12-13H2,1H3,(H,27,30)(H,28,31). The summed E-state index contributed by atoms with van der Waals surface area (Å²) in [5.74, 6) is -0.168. The minimum atomic E-state index is -0.444. The van der Waals surface area contributed by atoms with Gasteiger partial charge in [0.2, 0.25) is 0 Å². The van der Waals surface area contributed by atoms with Gasteiger partial charge in [0.15, 0.2) is 0 Å². The van der Waals surface area contributed by atoms with E-state index in [0.717, 1.165) is 0 Å². The van der Waals surface area contributed by atoms with Crippen molar-refractivity contribution in [3.63, 3.8) is 0 Å². The average molecular weight is 476 g/mol. The maximum absolute atomic E-state index is 13.4. The third-order valence-electron chi connectivity index (χ3n) is 4.52. The number of benzene rings is 3. The summed E-state index contributed by atoms with van der Waals surface area (Å²) in [5, 5.41) is 6.15. The molecule has 6 nitrogen and oxygen atoms in total. The molecule has 2 N–H and O–H groups in total. The second-order valence-corrected chi connectivity index (χ2v) is 7.51. The van der Waals surface area contributed by atoms with Crippen molar-refractivity contribution in [2.24, 2.45) is 0 Å². The molecule has 0 radical (unpaired) electrons. The van der Waals surface area contributed by atoms with Gasteiger partial charge in [-0.05, 0) is 66.7 Å². The van der Waals surface area contributed by atoms with E-state index in [1.54, 1.807) is 37.4 Å². The van der Waals surface area contributed by atoms with Crippen LogP contribution in [0, 0.1) is 5.82 Å². The fraction of sp³-hybridized carbons (Fsp3) is 0.130. The molecule has 0 saturated heterocycles. The Hall–Kier alpha value is -3.29. The summed E-state index contributed by atoms with van der Waals surface area (Å²) in [5.41, 5.74) is 1.29. The van der Waals surface area contributed by atoms with Crippen LogP contribution in [0.2, 0.25) is 10.0 Å². The minimum Gasteiger partial charge on any atom is -0.497 e. The Morgan fingerprint density at radius 2 is 1.69 bits per heavy atom. The fourth-order valence-electron chi connectivity index (χ4n) is 2.88. The molecule has 0 bridgehead atoms. The molecule has 3 aromatic carbocycles. The molecule has 166 valence electrons. The minimum absolute atomic E-state index is 0.130. The zero-order valence-corrected chi connectivity index (χ0v) is 18.6. The van der Waals surface area contributed by atoms with E-state index in [9.17, 15) is 14.0 Å². The highest BCUT2D eigenvalue weighted by atomic mass is 35.5. The number of amides is 3. The molecule has 0 fully saturated rings. The summed E-state index contributed by atoms with van der Waals surface area (Å²) in [6.45, 7) is 0.260. The molecular weight excluding hydrogens is 456 g/mol. The molecule has 0 heterocycles. The van der Waals surface area contributed by atoms with E-state index in [2.05, 4.69) is 10.6 Å². The van der Waals surface area contributed by atoms with E-state index in [-0.39, 0.29) is 23.7 Å². The molecular formula is C23H20Cl2FN3O3. The largest absolute Gasteiger partial charge is 0.497 e. The predicted molar refractivity (Wildman–Crippen MR) is 125 cm³/mol. The number of methoxy groups -OCH3 is 1. The second kappa shape index (κ2) is 10.8. The summed E-state index contributed by atoms with van der Waals surface area (Å²) >= 11 is 11.9. The molecule has 0 atom stereocenters. The van der Waals surface area contributed by atoms with Gasteiger partial charge in [-0.15, -0.1) is 0 Å². The molecule has 0 unspecified atom stereocenters. The zero-order chi connectivity index (χ0) is 23.1. The lowest BCUT2D eigenvalue weighted by atomic mass is 10.2. The first-order valence-electron chi connectivity index (χ1n) is 9.59. The zero-order valence-electron chi connectivity index (χ0n) is 17.1. The van der Waals surface area contributed by atoms with Crippen molar-refractivity contribution in [2.75, 3.05) is 30.4 Å². The van der Waals surface area contributed by atoms with Crippen LogP contribution >= 0.6 is 23.2 Å². The SMILES string of the molecule is COc1ccc(NC(=O)N(CCNC(=O)c2ccc(Cl)cc2Cl)c2ccc(F)cc2)cc1. The molecule has 0 aromatic heterocycles. The molecule has 3 aromatic rings. The average Bonchev–Trinajstić information content (AvgIpc) is 2.78. The Kier molecular flexibility index (Phi) is 7.92. The first-order chi connectivity index (χ1) is 15.4. The van der Waals surface area contributed by atoms with Crippen LogP contribution in [0.4, 0.5) is 20.6 Å². The van der Waals surface area contributed by atoms with Crippen molar-refractivity contribution in [2.45, 2.75) is 0 Å². The van der Waals surface area contributed by atoms with E-state index in [0.29, 0.717) is 22.1 Å². The van der Waals surface area contributed by atoms with Gasteiger partial charge in [0.25, 0.3) is 5.91 Å². The van der Waals surface area contributed by atoms with Gasteiger partial charge in [-0.3, -0.25) is 9.69 Å². The third-order valence-corrected chi connectivity index (χ3v) is 5.07. The topological polar surface area (TPSA) is 70.7 Å². The van der Waals surface area contributed by atoms with Gasteiger partial charge in [-0.1, -0.05) is 23.2 Å². The second-order valence-electron chi connectivity index (χ2n) is 6.67. The number of halogens is 3. The van der Waals surface area contributed by atoms with Crippen molar-refractivity contribution in [3.8, 4) is 5.75 Å². The summed E-state index contributed by atoms with van der Waals surface area (Å²) < 4.78 is 18.5. The van der Waals surface area contributed by atoms with Crippen LogP contribution in [0.15, 0.2) is 66.7 Å². The van der Waals surface area contributed by atoms with Crippen LogP contribution in [0.5, 0.6) is 5.75 Å². The highest BCUT2D eigenvalue weighted by molar-refractivity contribution is 6.36. The van der Waals surface area contributed by atoms with Crippen LogP contribution < -0.4 is 20.3 Å². The number of carbonyl (C=O) groups is 2. The van der Waals surface area contributed by atoms with Gasteiger partial charge < -0.3 is 15.4 Å². The number of anilines is 2. The van der Waals surface area contributed by atoms with Crippen LogP contribution in [0.3, 0.4) is 0 Å². The number of hydrogen-bond donors (Lipinski definition) is 2. The molecule has 0 spiro atoms. The Balaban J connectivity index is 1.70. The quantitative estimate of drug-likeness (QED) is 0.466. The molecule has 0 aliphatic heterocycles. The van der Waals surface area contributed by atoms with E-state index in [1.807, 2.05) is 0 Å². The third kappa shape index (κ3) is 6.12. The monoisotopic (exact) mass is 475 g/mol. The Bertz CT molecular complexity index is 1090. The summed E-state index contributed by atoms with van der Waals surface area (Å²) in [6, 6.07) is 16.4. The molecule has 3 amide bonds. The van der Waals surface area contributed by atoms with Gasteiger partial charge in [0, 0.05) is 29.5 Å². The number of nitrogens with zero attached hydrogens (tertiary/aromatic N) is 1. The molecule has 0 aliphatic carbocycles. The fourth-order valence-corrected chi connectivity index (χ4v) is 3.38. The highest BCUT2D eigenvalue weighted by Crippen LogP contribution is 2.21. The van der Waals surface area contributed by atoms with Gasteiger partial charge in [-0.2, -0.15) is 0 Å². The van der Waals surface area contributed by atoms with Crippen LogP contribution in [0.25, 0.3) is 0 Å². The van der Waals surface area contributed by atoms with E-state index >= 15 is 0 Å². The molecule has 3 rings (SSSR count). The van der Waals surface area contributed by atoms with E-state index < -0.39 is 17.8 Å². The number of urea groups is 1. The smallest absolute Gasteiger partial charge is 0.326 e. The van der Waals surface area contributed by atoms with Gasteiger partial charge in [0.05, 0.1) is 17.7 Å². The van der Waals surface area contributed by atoms with E-state index in [1.165, 1.54) is 41.3 Å². The molecule has 32 heavy (non-hydrogen) atoms. The predicted octanol–water partition coefficient (Wildman–Crippen LogP) is 5.61. The number of rotatable bonds is 7. The normalized spacial score (nSPS) is 10.4. The van der Waals surface area contributed by atoms with Crippen LogP contribution in [0.1, 0.15) is 10.4 Å². The summed E-state index contributed by atoms with van der Waals surface area (Å²) in [7, 11) is 1.55. The molecule has 0 saturated carbocycles. The summed E-state index contributed by atoms with van der Waals surface area (Å²) in [6.07, 6.45) is 0. The maximum atomic E-state index is 13.4. The Morgan fingerprint density at radius 3 is 2.31 bits per heavy atom. The van der Waals surface area contributed by atoms with Crippen LogP contribution in [-0.2, 0) is 0 Å². The van der Waals surface area contributed by atoms with E-state index in [4.69, 9.17) is 27.9 Å². The first-order valence-corrected chi connectivity index (χ1v) is 10.3. The lowest BCUT2D eigenvalue weighted by Gasteiger charge is -2.23. The van der Waals surface area contributed by atoms with Crippen molar-refractivity contribution < 1.29 is 18.7 Å². The first kappa shape index (κ1) is 23.4. The number of nitrogens with one attached hydrogen (secondary N) is 2. The maximum Gasteiger partial charge on any atom is 0.326 e. The van der Waals surface area contributed by atoms with Crippen molar-refractivity contribution in [1.82, 2.24) is 5.32 Å². The molecule has 9 heteroatoms. The van der Waals surface area contributed by atoms with Crippen molar-refractivity contribution in [3.05, 3.63) is 88.2 Å². The van der Waals surface area contributed by atoms with Crippen LogP contribution in [-0.4, -0.2) is 32.1 Å². The van der Waals surface area contributed by atoms with Crippen molar-refractivity contribution in [1.29, 1.82) is 0 Å². The lowest BCUT2D eigenvalue weighted by molar-refractivity contribution is 0.0954. The number of carbonyl (C=O) groups excluding carboxylic acids is 2. The highest BCUT2D eigenvalue weighted by Gasteiger charge is 2.17. The Morgan fingerprint density at radius 1 is 1.00 bits per heavy atom. The van der Waals surface area contributed by atoms with Gasteiger partial charge >= 0.3 is 6.03 Å². The van der Waals surface area contributed by atoms with Crippen molar-refractivity contribution >= 4 is 46.5 Å². The van der Waals surface area contributed by atoms with Gasteiger partial charge in [0.1, 0.15) is 11.6 Å². The Labute approximate surface area is 194 Å². The lowest BCUT2D eigenvalue weighted by Crippen LogP contribution is -2.41.